The molecule has 1 N–H and O–H groups in total. The van der Waals surface area contributed by atoms with Gasteiger partial charge in [0, 0.05) is 40.6 Å². The van der Waals surface area contributed by atoms with Crippen molar-refractivity contribution in [2.24, 2.45) is 0 Å². The minimum absolute atomic E-state index is 0.134. The number of benzene rings is 1. The number of hydrogen-bond acceptors (Lipinski definition) is 3. The number of urea groups is 1. The summed E-state index contributed by atoms with van der Waals surface area (Å²) in [4.78, 5) is 13.8. The first-order valence-electron chi connectivity index (χ1n) is 6.53. The maximum absolute atomic E-state index is 12.2. The highest BCUT2D eigenvalue weighted by atomic mass is 32.2. The fourth-order valence-corrected chi connectivity index (χ4v) is 3.23. The molecule has 0 radical (unpaired) electrons. The Morgan fingerprint density at radius 3 is 3.05 bits per heavy atom. The Bertz CT molecular complexity index is 568. The van der Waals surface area contributed by atoms with Gasteiger partial charge in [0.1, 0.15) is 0 Å². The van der Waals surface area contributed by atoms with Crippen LogP contribution in [0.5, 0.6) is 0 Å². The van der Waals surface area contributed by atoms with E-state index in [0.717, 1.165) is 6.42 Å². The van der Waals surface area contributed by atoms with E-state index in [-0.39, 0.29) is 11.3 Å². The van der Waals surface area contributed by atoms with Gasteiger partial charge in [0.05, 0.1) is 11.6 Å². The molecular formula is C14H17N3O2S. The molecule has 0 bridgehead atoms. The van der Waals surface area contributed by atoms with Crippen LogP contribution in [-0.2, 0) is 10.8 Å². The van der Waals surface area contributed by atoms with Gasteiger partial charge in [-0.25, -0.2) is 4.79 Å². The number of nitrogens with zero attached hydrogens (tertiary/aromatic N) is 2. The van der Waals surface area contributed by atoms with Crippen LogP contribution in [0, 0.1) is 11.3 Å². The molecule has 0 saturated carbocycles. The van der Waals surface area contributed by atoms with Crippen LogP contribution in [0.4, 0.5) is 10.5 Å². The molecule has 2 atom stereocenters. The zero-order valence-corrected chi connectivity index (χ0v) is 12.2. The van der Waals surface area contributed by atoms with E-state index in [1.807, 2.05) is 13.0 Å². The lowest BCUT2D eigenvalue weighted by Gasteiger charge is -2.20. The first-order chi connectivity index (χ1) is 9.60. The normalized spacial score (nSPS) is 22.7. The summed E-state index contributed by atoms with van der Waals surface area (Å²) in [5.74, 6) is 0.521. The van der Waals surface area contributed by atoms with Crippen LogP contribution in [0.2, 0.25) is 0 Å². The molecule has 1 fully saturated rings. The van der Waals surface area contributed by atoms with E-state index >= 15 is 0 Å². The number of carbonyl (C=O) groups is 1. The maximum atomic E-state index is 12.2. The Morgan fingerprint density at radius 1 is 1.50 bits per heavy atom. The highest BCUT2D eigenvalue weighted by Crippen LogP contribution is 2.13. The summed E-state index contributed by atoms with van der Waals surface area (Å²) in [7, 11) is -0.856. The molecule has 0 aliphatic carbocycles. The molecule has 6 heteroatoms. The Balaban J connectivity index is 2.01. The zero-order valence-electron chi connectivity index (χ0n) is 11.3. The minimum atomic E-state index is -0.856. The summed E-state index contributed by atoms with van der Waals surface area (Å²) in [6, 6.07) is 8.63. The third-order valence-electron chi connectivity index (χ3n) is 3.35. The predicted molar refractivity (Wildman–Crippen MR) is 78.8 cm³/mol. The second-order valence-corrected chi connectivity index (χ2v) is 6.77. The third-order valence-corrected chi connectivity index (χ3v) is 5.07. The molecule has 106 valence electrons. The Kier molecular flexibility index (Phi) is 4.74. The lowest BCUT2D eigenvalue weighted by Crippen LogP contribution is -2.36. The zero-order chi connectivity index (χ0) is 14.5. The van der Waals surface area contributed by atoms with Crippen molar-refractivity contribution in [3.63, 3.8) is 0 Å². The van der Waals surface area contributed by atoms with Crippen LogP contribution >= 0.6 is 0 Å². The highest BCUT2D eigenvalue weighted by Gasteiger charge is 2.22. The summed E-state index contributed by atoms with van der Waals surface area (Å²) in [6.45, 7) is 3.06. The second-order valence-electron chi connectivity index (χ2n) is 4.79. The van der Waals surface area contributed by atoms with E-state index in [2.05, 4.69) is 5.32 Å². The summed E-state index contributed by atoms with van der Waals surface area (Å²) in [5, 5.41) is 11.7. The molecule has 0 spiro atoms. The number of carbonyl (C=O) groups excluding carboxylic acids is 1. The second kappa shape index (κ2) is 6.53. The third kappa shape index (κ3) is 3.58. The fourth-order valence-electron chi connectivity index (χ4n) is 2.05. The van der Waals surface area contributed by atoms with Gasteiger partial charge in [0.25, 0.3) is 0 Å². The Morgan fingerprint density at radius 2 is 2.30 bits per heavy atom. The van der Waals surface area contributed by atoms with Crippen molar-refractivity contribution in [1.29, 1.82) is 5.26 Å². The average molecular weight is 291 g/mol. The molecule has 20 heavy (non-hydrogen) atoms. The van der Waals surface area contributed by atoms with E-state index in [9.17, 15) is 9.00 Å². The van der Waals surface area contributed by atoms with Crippen molar-refractivity contribution < 1.29 is 9.00 Å². The largest absolute Gasteiger partial charge is 0.324 e. The van der Waals surface area contributed by atoms with E-state index < -0.39 is 10.8 Å². The monoisotopic (exact) mass is 291 g/mol. The van der Waals surface area contributed by atoms with Gasteiger partial charge in [-0.1, -0.05) is 13.0 Å². The van der Waals surface area contributed by atoms with Crippen molar-refractivity contribution in [1.82, 2.24) is 4.90 Å². The van der Waals surface area contributed by atoms with Gasteiger partial charge in [-0.05, 0) is 24.6 Å². The van der Waals surface area contributed by atoms with Crippen molar-refractivity contribution in [3.8, 4) is 6.07 Å². The smallest absolute Gasteiger partial charge is 0.321 e. The number of nitriles is 1. The molecule has 1 heterocycles. The molecule has 1 aromatic rings. The first-order valence-corrected chi connectivity index (χ1v) is 7.91. The van der Waals surface area contributed by atoms with E-state index in [1.165, 1.54) is 0 Å². The Hall–Kier alpha value is -1.87. The number of amides is 2. The van der Waals surface area contributed by atoms with Crippen molar-refractivity contribution in [2.75, 3.05) is 24.2 Å². The molecule has 1 saturated heterocycles. The number of nitrogens with one attached hydrogen (secondary N) is 1. The van der Waals surface area contributed by atoms with Crippen LogP contribution in [0.1, 0.15) is 18.9 Å². The molecule has 0 unspecified atom stereocenters. The summed E-state index contributed by atoms with van der Waals surface area (Å²) >= 11 is 0. The van der Waals surface area contributed by atoms with Crippen LogP contribution in [0.25, 0.3) is 0 Å². The first kappa shape index (κ1) is 14.5. The van der Waals surface area contributed by atoms with Gasteiger partial charge in [0.2, 0.25) is 0 Å². The van der Waals surface area contributed by atoms with Crippen LogP contribution in [-0.4, -0.2) is 39.2 Å². The SMILES string of the molecule is C[C@H]1CCN(C(=O)Nc2cccc(C#N)c2)CC[S@@]1=O. The molecule has 2 rings (SSSR count). The number of hydrogen-bond donors (Lipinski definition) is 1. The average Bonchev–Trinajstić information content (AvgIpc) is 2.62. The highest BCUT2D eigenvalue weighted by molar-refractivity contribution is 7.85. The van der Waals surface area contributed by atoms with Gasteiger partial charge < -0.3 is 10.2 Å². The molecule has 1 aliphatic rings. The van der Waals surface area contributed by atoms with Crippen molar-refractivity contribution in [2.45, 2.75) is 18.6 Å². The van der Waals surface area contributed by atoms with Crippen LogP contribution in [0.3, 0.4) is 0 Å². The summed E-state index contributed by atoms with van der Waals surface area (Å²) < 4.78 is 11.7. The summed E-state index contributed by atoms with van der Waals surface area (Å²) in [5.41, 5.74) is 1.11. The molecule has 1 aromatic carbocycles. The van der Waals surface area contributed by atoms with E-state index in [0.29, 0.717) is 30.1 Å². The maximum Gasteiger partial charge on any atom is 0.321 e. The lowest BCUT2D eigenvalue weighted by molar-refractivity contribution is 0.215. The van der Waals surface area contributed by atoms with Crippen molar-refractivity contribution in [3.05, 3.63) is 29.8 Å². The quantitative estimate of drug-likeness (QED) is 0.859. The molecule has 0 aromatic heterocycles. The van der Waals surface area contributed by atoms with E-state index in [1.54, 1.807) is 29.2 Å². The molecule has 1 aliphatic heterocycles. The molecule has 2 amide bonds. The van der Waals surface area contributed by atoms with Crippen LogP contribution in [0.15, 0.2) is 24.3 Å². The predicted octanol–water partition coefficient (Wildman–Crippen LogP) is 1.93. The van der Waals surface area contributed by atoms with Gasteiger partial charge in [-0.15, -0.1) is 0 Å². The molecular weight excluding hydrogens is 274 g/mol. The summed E-state index contributed by atoms with van der Waals surface area (Å²) in [6.07, 6.45) is 0.748. The van der Waals surface area contributed by atoms with Gasteiger partial charge in [-0.2, -0.15) is 5.26 Å². The minimum Gasteiger partial charge on any atom is -0.324 e. The van der Waals surface area contributed by atoms with E-state index in [4.69, 9.17) is 5.26 Å². The van der Waals surface area contributed by atoms with Gasteiger partial charge in [0.15, 0.2) is 0 Å². The van der Waals surface area contributed by atoms with Crippen molar-refractivity contribution >= 4 is 22.5 Å². The lowest BCUT2D eigenvalue weighted by atomic mass is 10.2. The fraction of sp³-hybridized carbons (Fsp3) is 0.429. The van der Waals surface area contributed by atoms with Gasteiger partial charge >= 0.3 is 6.03 Å². The van der Waals surface area contributed by atoms with Gasteiger partial charge in [-0.3, -0.25) is 4.21 Å². The standard InChI is InChI=1S/C14H17N3O2S/c1-11-5-6-17(7-8-20(11)19)14(18)16-13-4-2-3-12(9-13)10-15/h2-4,9,11H,5-8H2,1H3,(H,16,18)/t11-,20-/m0/s1. The number of anilines is 1. The van der Waals surface area contributed by atoms with Crippen LogP contribution < -0.4 is 5.32 Å². The number of rotatable bonds is 1. The Labute approximate surface area is 121 Å². The topological polar surface area (TPSA) is 73.2 Å². The molecule has 5 nitrogen and oxygen atoms in total.